The molecule has 4 nitrogen and oxygen atoms in total. The third-order valence-corrected chi connectivity index (χ3v) is 3.68. The van der Waals surface area contributed by atoms with Gasteiger partial charge in [-0.1, -0.05) is 31.9 Å². The van der Waals surface area contributed by atoms with Gasteiger partial charge < -0.3 is 10.2 Å². The molecule has 1 aromatic carbocycles. The van der Waals surface area contributed by atoms with Crippen LogP contribution >= 0.6 is 31.9 Å². The van der Waals surface area contributed by atoms with Gasteiger partial charge in [0.25, 0.3) is 5.91 Å². The van der Waals surface area contributed by atoms with Crippen LogP contribution in [0, 0.1) is 11.3 Å². The summed E-state index contributed by atoms with van der Waals surface area (Å²) in [6.45, 7) is 0. The van der Waals surface area contributed by atoms with Gasteiger partial charge in [0, 0.05) is 20.6 Å². The molecular formula is C14H8Br2N2O2. The highest BCUT2D eigenvalue weighted by Gasteiger charge is 2.10. The van der Waals surface area contributed by atoms with Crippen molar-refractivity contribution in [3.8, 4) is 17.4 Å². The van der Waals surface area contributed by atoms with E-state index in [2.05, 4.69) is 31.9 Å². The topological polar surface area (TPSA) is 80.0 Å². The van der Waals surface area contributed by atoms with Gasteiger partial charge in [0.2, 0.25) is 0 Å². The molecular weight excluding hydrogens is 388 g/mol. The molecule has 2 N–H and O–H groups in total. The first-order valence-corrected chi connectivity index (χ1v) is 7.06. The van der Waals surface area contributed by atoms with Crippen molar-refractivity contribution in [3.63, 3.8) is 0 Å². The maximum Gasteiger partial charge on any atom is 0.259 e. The van der Waals surface area contributed by atoms with Crippen molar-refractivity contribution < 1.29 is 9.21 Å². The lowest BCUT2D eigenvalue weighted by molar-refractivity contribution is -0.114. The molecule has 0 aliphatic heterocycles. The van der Waals surface area contributed by atoms with E-state index in [1.807, 2.05) is 18.2 Å². The van der Waals surface area contributed by atoms with Crippen LogP contribution in [0.25, 0.3) is 17.4 Å². The van der Waals surface area contributed by atoms with Gasteiger partial charge >= 0.3 is 0 Å². The number of hydrogen-bond donors (Lipinski definition) is 1. The zero-order valence-electron chi connectivity index (χ0n) is 10.1. The molecule has 0 saturated heterocycles. The van der Waals surface area contributed by atoms with E-state index in [1.165, 1.54) is 6.08 Å². The quantitative estimate of drug-likeness (QED) is 0.632. The molecule has 1 heterocycles. The predicted octanol–water partition coefficient (Wildman–Crippen LogP) is 3.86. The van der Waals surface area contributed by atoms with Crippen molar-refractivity contribution in [2.75, 3.05) is 0 Å². The van der Waals surface area contributed by atoms with Gasteiger partial charge in [0.05, 0.1) is 0 Å². The normalized spacial score (nSPS) is 11.2. The minimum absolute atomic E-state index is 0.154. The fourth-order valence-corrected chi connectivity index (χ4v) is 2.37. The molecule has 6 heteroatoms. The Kier molecular flexibility index (Phi) is 4.42. The summed E-state index contributed by atoms with van der Waals surface area (Å²) in [5.41, 5.74) is 5.78. The Bertz CT molecular complexity index is 742. The van der Waals surface area contributed by atoms with E-state index >= 15 is 0 Å². The zero-order valence-corrected chi connectivity index (χ0v) is 13.2. The molecule has 100 valence electrons. The molecule has 0 spiro atoms. The van der Waals surface area contributed by atoms with Crippen LogP contribution in [0.2, 0.25) is 0 Å². The number of halogens is 2. The average molecular weight is 396 g/mol. The molecule has 0 bridgehead atoms. The van der Waals surface area contributed by atoms with Crippen LogP contribution in [0.1, 0.15) is 5.76 Å². The Morgan fingerprint density at radius 2 is 2.05 bits per heavy atom. The summed E-state index contributed by atoms with van der Waals surface area (Å²) in [5, 5.41) is 8.79. The monoisotopic (exact) mass is 394 g/mol. The maximum atomic E-state index is 11.0. The van der Waals surface area contributed by atoms with Gasteiger partial charge in [0.15, 0.2) is 0 Å². The number of hydrogen-bond acceptors (Lipinski definition) is 3. The second-order valence-electron chi connectivity index (χ2n) is 3.86. The van der Waals surface area contributed by atoms with Crippen molar-refractivity contribution in [1.29, 1.82) is 5.26 Å². The summed E-state index contributed by atoms with van der Waals surface area (Å²) in [7, 11) is 0. The number of amides is 1. The predicted molar refractivity (Wildman–Crippen MR) is 82.3 cm³/mol. The van der Waals surface area contributed by atoms with E-state index in [1.54, 1.807) is 18.2 Å². The number of benzene rings is 1. The Morgan fingerprint density at radius 3 is 2.70 bits per heavy atom. The van der Waals surface area contributed by atoms with E-state index in [0.717, 1.165) is 14.5 Å². The Balaban J connectivity index is 2.42. The molecule has 0 radical (unpaired) electrons. The van der Waals surface area contributed by atoms with Gasteiger partial charge in [-0.3, -0.25) is 4.79 Å². The standard InChI is InChI=1S/C14H8Br2N2O2/c15-9-1-3-12(16)11(6-9)13-4-2-10(20-13)5-8(7-17)14(18)19/h1-6H,(H2,18,19)/b8-5+. The van der Waals surface area contributed by atoms with Crippen LogP contribution in [0.3, 0.4) is 0 Å². The SMILES string of the molecule is N#C/C(=C\c1ccc(-c2cc(Br)ccc2Br)o1)C(N)=O. The lowest BCUT2D eigenvalue weighted by Crippen LogP contribution is -2.12. The molecule has 0 atom stereocenters. The van der Waals surface area contributed by atoms with Gasteiger partial charge in [-0.05, 0) is 30.3 Å². The lowest BCUT2D eigenvalue weighted by Gasteiger charge is -2.01. The van der Waals surface area contributed by atoms with Crippen molar-refractivity contribution in [3.05, 3.63) is 50.6 Å². The summed E-state index contributed by atoms with van der Waals surface area (Å²) in [5.74, 6) is 0.225. The van der Waals surface area contributed by atoms with Crippen LogP contribution in [0.5, 0.6) is 0 Å². The largest absolute Gasteiger partial charge is 0.457 e. The smallest absolute Gasteiger partial charge is 0.259 e. The first-order valence-electron chi connectivity index (χ1n) is 5.48. The summed E-state index contributed by atoms with van der Waals surface area (Å²) < 4.78 is 7.39. The summed E-state index contributed by atoms with van der Waals surface area (Å²) in [6, 6.07) is 10.8. The minimum Gasteiger partial charge on any atom is -0.457 e. The number of carbonyl (C=O) groups excluding carboxylic acids is 1. The van der Waals surface area contributed by atoms with Crippen LogP contribution < -0.4 is 5.73 Å². The number of carbonyl (C=O) groups is 1. The van der Waals surface area contributed by atoms with Crippen LogP contribution in [0.15, 0.2) is 49.3 Å². The van der Waals surface area contributed by atoms with Crippen molar-refractivity contribution in [1.82, 2.24) is 0 Å². The zero-order chi connectivity index (χ0) is 14.7. The van der Waals surface area contributed by atoms with E-state index < -0.39 is 5.91 Å². The molecule has 0 unspecified atom stereocenters. The first kappa shape index (κ1) is 14.6. The molecule has 0 aliphatic carbocycles. The van der Waals surface area contributed by atoms with Crippen molar-refractivity contribution in [2.45, 2.75) is 0 Å². The molecule has 0 aliphatic rings. The number of nitrogens with zero attached hydrogens (tertiary/aromatic N) is 1. The second kappa shape index (κ2) is 6.07. The molecule has 2 aromatic rings. The number of nitriles is 1. The summed E-state index contributed by atoms with van der Waals surface area (Å²) >= 11 is 6.83. The molecule has 1 aromatic heterocycles. The first-order chi connectivity index (χ1) is 9.51. The Morgan fingerprint density at radius 1 is 1.30 bits per heavy atom. The molecule has 2 rings (SSSR count). The highest BCUT2D eigenvalue weighted by molar-refractivity contribution is 9.11. The van der Waals surface area contributed by atoms with Gasteiger partial charge in [0.1, 0.15) is 23.2 Å². The molecule has 20 heavy (non-hydrogen) atoms. The molecule has 0 fully saturated rings. The van der Waals surface area contributed by atoms with Gasteiger partial charge in [-0.2, -0.15) is 5.26 Å². The number of primary amides is 1. The number of rotatable bonds is 3. The molecule has 1 amide bonds. The van der Waals surface area contributed by atoms with E-state index in [9.17, 15) is 4.79 Å². The highest BCUT2D eigenvalue weighted by atomic mass is 79.9. The number of furan rings is 1. The number of nitrogens with two attached hydrogens (primary N) is 1. The minimum atomic E-state index is -0.783. The van der Waals surface area contributed by atoms with Gasteiger partial charge in [-0.15, -0.1) is 0 Å². The molecule has 0 saturated carbocycles. The average Bonchev–Trinajstić information content (AvgIpc) is 2.86. The fourth-order valence-electron chi connectivity index (χ4n) is 1.56. The van der Waals surface area contributed by atoms with Crippen LogP contribution in [-0.4, -0.2) is 5.91 Å². The lowest BCUT2D eigenvalue weighted by atomic mass is 10.2. The fraction of sp³-hybridized carbons (Fsp3) is 0. The van der Waals surface area contributed by atoms with Crippen LogP contribution in [0.4, 0.5) is 0 Å². The van der Waals surface area contributed by atoms with E-state index in [4.69, 9.17) is 15.4 Å². The maximum absolute atomic E-state index is 11.0. The van der Waals surface area contributed by atoms with E-state index in [-0.39, 0.29) is 5.57 Å². The van der Waals surface area contributed by atoms with E-state index in [0.29, 0.717) is 11.5 Å². The summed E-state index contributed by atoms with van der Waals surface area (Å²) in [6.07, 6.45) is 1.32. The Labute approximate surface area is 132 Å². The van der Waals surface area contributed by atoms with Crippen LogP contribution in [-0.2, 0) is 4.79 Å². The third kappa shape index (κ3) is 3.18. The third-order valence-electron chi connectivity index (χ3n) is 2.49. The highest BCUT2D eigenvalue weighted by Crippen LogP contribution is 2.32. The summed E-state index contributed by atoms with van der Waals surface area (Å²) in [4.78, 5) is 11.0. The Hall–Kier alpha value is -1.84. The van der Waals surface area contributed by atoms with Crippen molar-refractivity contribution >= 4 is 43.8 Å². The van der Waals surface area contributed by atoms with Gasteiger partial charge in [-0.25, -0.2) is 0 Å². The van der Waals surface area contributed by atoms with Crippen molar-refractivity contribution in [2.24, 2.45) is 5.73 Å². The second-order valence-corrected chi connectivity index (χ2v) is 5.63.